The largest absolute Gasteiger partial charge is 0.481 e. The van der Waals surface area contributed by atoms with Crippen molar-refractivity contribution in [2.75, 3.05) is 12.4 Å². The summed E-state index contributed by atoms with van der Waals surface area (Å²) in [6.07, 6.45) is -1.60. The molecule has 0 aliphatic rings. The van der Waals surface area contributed by atoms with Crippen LogP contribution in [0.3, 0.4) is 0 Å². The van der Waals surface area contributed by atoms with Crippen LogP contribution in [-0.4, -0.2) is 47.3 Å². The molecule has 2 aromatic rings. The van der Waals surface area contributed by atoms with Gasteiger partial charge < -0.3 is 19.9 Å². The Kier molecular flexibility index (Phi) is 9.39. The summed E-state index contributed by atoms with van der Waals surface area (Å²) in [6, 6.07) is 16.7. The molecule has 0 bridgehead atoms. The zero-order valence-corrected chi connectivity index (χ0v) is 16.8. The smallest absolute Gasteiger partial charge is 0.408 e. The van der Waals surface area contributed by atoms with Crippen LogP contribution in [0.5, 0.6) is 0 Å². The van der Waals surface area contributed by atoms with Gasteiger partial charge in [-0.2, -0.15) is 0 Å². The van der Waals surface area contributed by atoms with Gasteiger partial charge in [0.1, 0.15) is 12.6 Å². The van der Waals surface area contributed by atoms with E-state index in [0.29, 0.717) is 0 Å². The van der Waals surface area contributed by atoms with Crippen LogP contribution in [0.1, 0.15) is 12.0 Å². The zero-order chi connectivity index (χ0) is 21.8. The molecule has 0 radical (unpaired) electrons. The highest BCUT2D eigenvalue weighted by atomic mass is 32.2. The molecule has 0 fully saturated rings. The van der Waals surface area contributed by atoms with Crippen LogP contribution in [-0.2, 0) is 30.5 Å². The lowest BCUT2D eigenvalue weighted by molar-refractivity contribution is -0.146. The third-order valence-electron chi connectivity index (χ3n) is 3.75. The number of rotatable bonds is 11. The van der Waals surface area contributed by atoms with Gasteiger partial charge in [0.2, 0.25) is 0 Å². The van der Waals surface area contributed by atoms with Crippen LogP contribution in [0.25, 0.3) is 0 Å². The molecule has 1 amide bonds. The predicted molar refractivity (Wildman–Crippen MR) is 109 cm³/mol. The lowest BCUT2D eigenvalue weighted by Gasteiger charge is -2.16. The monoisotopic (exact) mass is 431 g/mol. The van der Waals surface area contributed by atoms with Crippen LogP contribution in [0.4, 0.5) is 4.79 Å². The highest BCUT2D eigenvalue weighted by Crippen LogP contribution is 2.16. The van der Waals surface area contributed by atoms with Gasteiger partial charge in [0.25, 0.3) is 0 Å². The molecule has 158 valence electrons. The van der Waals surface area contributed by atoms with E-state index < -0.39 is 42.9 Å². The fourth-order valence-corrected chi connectivity index (χ4v) is 3.00. The van der Waals surface area contributed by atoms with Crippen LogP contribution in [0, 0.1) is 0 Å². The molecular weight excluding hydrogens is 410 g/mol. The molecule has 2 aromatic carbocycles. The number of carboxylic acid groups (broad SMARTS) is 1. The van der Waals surface area contributed by atoms with Crippen molar-refractivity contribution in [3.63, 3.8) is 0 Å². The van der Waals surface area contributed by atoms with E-state index in [2.05, 4.69) is 5.32 Å². The second-order valence-electron chi connectivity index (χ2n) is 6.09. The van der Waals surface area contributed by atoms with Gasteiger partial charge in [0.15, 0.2) is 12.4 Å². The fraction of sp³-hybridized carbons (Fsp3) is 0.238. The number of carbonyl (C=O) groups excluding carboxylic acids is 3. The molecule has 0 aliphatic heterocycles. The van der Waals surface area contributed by atoms with Crippen LogP contribution in [0.2, 0.25) is 0 Å². The molecular formula is C21H21NO7S. The lowest BCUT2D eigenvalue weighted by atomic mass is 10.1. The quantitative estimate of drug-likeness (QED) is 0.412. The van der Waals surface area contributed by atoms with Crippen LogP contribution < -0.4 is 5.32 Å². The number of amides is 1. The van der Waals surface area contributed by atoms with Crippen molar-refractivity contribution < 1.29 is 33.8 Å². The van der Waals surface area contributed by atoms with E-state index in [4.69, 9.17) is 14.6 Å². The summed E-state index contributed by atoms with van der Waals surface area (Å²) in [5.41, 5.74) is 0.735. The standard InChI is InChI=1S/C21H21NO7S/c23-18(13-28-20(26)14-30-16-9-5-2-6-10-16)17(11-19(24)25)22-21(27)29-12-15-7-3-1-4-8-15/h1-10,17H,11-14H2,(H,22,27)(H,24,25). The number of alkyl carbamates (subject to hydrolysis) is 1. The molecule has 2 N–H and O–H groups in total. The molecule has 0 aliphatic carbocycles. The van der Waals surface area contributed by atoms with Gasteiger partial charge in [-0.15, -0.1) is 11.8 Å². The summed E-state index contributed by atoms with van der Waals surface area (Å²) >= 11 is 1.24. The number of thioether (sulfide) groups is 1. The summed E-state index contributed by atoms with van der Waals surface area (Å²) in [5.74, 6) is -2.67. The van der Waals surface area contributed by atoms with E-state index in [1.54, 1.807) is 24.3 Å². The number of benzene rings is 2. The van der Waals surface area contributed by atoms with Gasteiger partial charge in [0, 0.05) is 4.90 Å². The van der Waals surface area contributed by atoms with E-state index in [-0.39, 0.29) is 12.4 Å². The first-order valence-corrected chi connectivity index (χ1v) is 9.98. The van der Waals surface area contributed by atoms with Crippen molar-refractivity contribution >= 4 is 35.6 Å². The number of aliphatic carboxylic acids is 1. The van der Waals surface area contributed by atoms with Gasteiger partial charge in [-0.3, -0.25) is 14.4 Å². The number of carboxylic acids is 1. The van der Waals surface area contributed by atoms with E-state index >= 15 is 0 Å². The van der Waals surface area contributed by atoms with Crippen molar-refractivity contribution in [1.82, 2.24) is 5.32 Å². The molecule has 2 rings (SSSR count). The molecule has 0 aromatic heterocycles. The van der Waals surface area contributed by atoms with Crippen molar-refractivity contribution in [3.05, 3.63) is 66.2 Å². The minimum absolute atomic E-state index is 0.00651. The van der Waals surface area contributed by atoms with E-state index in [1.165, 1.54) is 11.8 Å². The van der Waals surface area contributed by atoms with Gasteiger partial charge in [-0.1, -0.05) is 48.5 Å². The number of hydrogen-bond acceptors (Lipinski definition) is 7. The lowest BCUT2D eigenvalue weighted by Crippen LogP contribution is -2.44. The second-order valence-corrected chi connectivity index (χ2v) is 7.13. The zero-order valence-electron chi connectivity index (χ0n) is 16.0. The number of Topliss-reactive ketones (excluding diaryl/α,β-unsaturated/α-hetero) is 1. The average molecular weight is 431 g/mol. The molecule has 9 heteroatoms. The SMILES string of the molecule is O=C(O)CC(NC(=O)OCc1ccccc1)C(=O)COC(=O)CSc1ccccc1. The maximum Gasteiger partial charge on any atom is 0.408 e. The average Bonchev–Trinajstić information content (AvgIpc) is 2.75. The Bertz CT molecular complexity index is 858. The van der Waals surface area contributed by atoms with Crippen molar-refractivity contribution in [2.24, 2.45) is 0 Å². The van der Waals surface area contributed by atoms with Crippen molar-refractivity contribution in [3.8, 4) is 0 Å². The van der Waals surface area contributed by atoms with Crippen molar-refractivity contribution in [1.29, 1.82) is 0 Å². The number of ether oxygens (including phenoxy) is 2. The normalized spacial score (nSPS) is 11.2. The number of hydrogen-bond donors (Lipinski definition) is 2. The Balaban J connectivity index is 1.79. The first kappa shape index (κ1) is 23.0. The molecule has 1 unspecified atom stereocenters. The summed E-state index contributed by atoms with van der Waals surface area (Å²) < 4.78 is 9.90. The Morgan fingerprint density at radius 2 is 1.57 bits per heavy atom. The molecule has 30 heavy (non-hydrogen) atoms. The highest BCUT2D eigenvalue weighted by molar-refractivity contribution is 8.00. The topological polar surface area (TPSA) is 119 Å². The van der Waals surface area contributed by atoms with Crippen LogP contribution >= 0.6 is 11.8 Å². The molecule has 0 heterocycles. The molecule has 0 spiro atoms. The molecule has 1 atom stereocenters. The van der Waals surface area contributed by atoms with E-state index in [0.717, 1.165) is 10.5 Å². The minimum atomic E-state index is -1.37. The highest BCUT2D eigenvalue weighted by Gasteiger charge is 2.25. The molecule has 0 saturated carbocycles. The van der Waals surface area contributed by atoms with Gasteiger partial charge >= 0.3 is 18.0 Å². The Hall–Kier alpha value is -3.33. The Morgan fingerprint density at radius 3 is 2.20 bits per heavy atom. The summed E-state index contributed by atoms with van der Waals surface area (Å²) in [4.78, 5) is 47.9. The maximum absolute atomic E-state index is 12.2. The summed E-state index contributed by atoms with van der Waals surface area (Å²) in [5, 5.41) is 11.2. The number of carbonyl (C=O) groups is 4. The first-order valence-electron chi connectivity index (χ1n) is 8.99. The molecule has 8 nitrogen and oxygen atoms in total. The predicted octanol–water partition coefficient (Wildman–Crippen LogP) is 2.66. The third-order valence-corrected chi connectivity index (χ3v) is 4.73. The van der Waals surface area contributed by atoms with Crippen LogP contribution in [0.15, 0.2) is 65.6 Å². The first-order chi connectivity index (χ1) is 14.4. The second kappa shape index (κ2) is 12.3. The number of ketones is 1. The maximum atomic E-state index is 12.2. The summed E-state index contributed by atoms with van der Waals surface area (Å²) in [6.45, 7) is -0.683. The minimum Gasteiger partial charge on any atom is -0.481 e. The molecule has 0 saturated heterocycles. The van der Waals surface area contributed by atoms with Crippen molar-refractivity contribution in [2.45, 2.75) is 24.0 Å². The number of esters is 1. The Morgan fingerprint density at radius 1 is 0.933 bits per heavy atom. The third kappa shape index (κ3) is 8.78. The van der Waals surface area contributed by atoms with Gasteiger partial charge in [-0.25, -0.2) is 4.79 Å². The van der Waals surface area contributed by atoms with E-state index in [1.807, 2.05) is 36.4 Å². The fourth-order valence-electron chi connectivity index (χ4n) is 2.28. The Labute approximate surface area is 177 Å². The number of nitrogens with one attached hydrogen (secondary N) is 1. The van der Waals surface area contributed by atoms with Gasteiger partial charge in [-0.05, 0) is 17.7 Å². The van der Waals surface area contributed by atoms with E-state index in [9.17, 15) is 19.2 Å². The summed E-state index contributed by atoms with van der Waals surface area (Å²) in [7, 11) is 0. The van der Waals surface area contributed by atoms with Gasteiger partial charge in [0.05, 0.1) is 12.2 Å².